The van der Waals surface area contributed by atoms with Gasteiger partial charge in [-0.3, -0.25) is 0 Å². The lowest BCUT2D eigenvalue weighted by Gasteiger charge is -2.18. The fraction of sp³-hybridized carbons (Fsp3) is 0.462. The van der Waals surface area contributed by atoms with E-state index in [-0.39, 0.29) is 12.7 Å². The summed E-state index contributed by atoms with van der Waals surface area (Å²) in [5.74, 6) is 1.64. The lowest BCUT2D eigenvalue weighted by atomic mass is 10.1. The highest BCUT2D eigenvalue weighted by Gasteiger charge is 2.10. The molecule has 0 bridgehead atoms. The van der Waals surface area contributed by atoms with Crippen molar-refractivity contribution in [1.29, 1.82) is 5.26 Å². The van der Waals surface area contributed by atoms with Crippen molar-refractivity contribution in [2.75, 3.05) is 6.61 Å². The third kappa shape index (κ3) is 4.16. The Balaban J connectivity index is 2.72. The summed E-state index contributed by atoms with van der Waals surface area (Å²) in [6.45, 7) is 6.19. The number of ether oxygens (including phenoxy) is 2. The van der Waals surface area contributed by atoms with Crippen molar-refractivity contribution in [3.63, 3.8) is 0 Å². The fourth-order valence-corrected chi connectivity index (χ4v) is 1.36. The number of halogens is 1. The molecule has 1 atom stereocenters. The second-order valence-electron chi connectivity index (χ2n) is 4.11. The fourth-order valence-electron chi connectivity index (χ4n) is 1.13. The largest absolute Gasteiger partial charge is 0.490 e. The van der Waals surface area contributed by atoms with Crippen LogP contribution in [-0.4, -0.2) is 12.7 Å². The molecule has 0 aliphatic rings. The van der Waals surface area contributed by atoms with Crippen LogP contribution in [0.5, 0.6) is 11.5 Å². The van der Waals surface area contributed by atoms with E-state index in [0.717, 1.165) is 0 Å². The molecule has 0 aromatic heterocycles. The molecule has 3 nitrogen and oxygen atoms in total. The van der Waals surface area contributed by atoms with Crippen LogP contribution < -0.4 is 9.47 Å². The third-order valence-corrected chi connectivity index (χ3v) is 2.75. The van der Waals surface area contributed by atoms with E-state index in [1.54, 1.807) is 18.2 Å². The summed E-state index contributed by atoms with van der Waals surface area (Å²) in [4.78, 5) is 0. The zero-order valence-corrected chi connectivity index (χ0v) is 11.0. The van der Waals surface area contributed by atoms with Crippen LogP contribution in [-0.2, 0) is 0 Å². The van der Waals surface area contributed by atoms with Crippen LogP contribution in [0.25, 0.3) is 0 Å². The van der Waals surface area contributed by atoms with E-state index in [2.05, 4.69) is 13.8 Å². The van der Waals surface area contributed by atoms with Gasteiger partial charge in [0.1, 0.15) is 17.6 Å². The van der Waals surface area contributed by atoms with E-state index < -0.39 is 0 Å². The van der Waals surface area contributed by atoms with Gasteiger partial charge >= 0.3 is 0 Å². The molecule has 1 unspecified atom stereocenters. The molecule has 1 aromatic carbocycles. The molecule has 0 saturated carbocycles. The molecule has 0 amide bonds. The van der Waals surface area contributed by atoms with E-state index in [1.165, 1.54) is 0 Å². The monoisotopic (exact) mass is 253 g/mol. The molecular weight excluding hydrogens is 238 g/mol. The zero-order chi connectivity index (χ0) is 12.8. The predicted octanol–water partition coefficient (Wildman–Crippen LogP) is 3.67. The van der Waals surface area contributed by atoms with Crippen molar-refractivity contribution in [1.82, 2.24) is 0 Å². The van der Waals surface area contributed by atoms with Gasteiger partial charge in [0.25, 0.3) is 0 Å². The first-order valence-corrected chi connectivity index (χ1v) is 5.88. The third-order valence-electron chi connectivity index (χ3n) is 2.46. The van der Waals surface area contributed by atoms with Crippen molar-refractivity contribution in [3.05, 3.63) is 23.2 Å². The van der Waals surface area contributed by atoms with Crippen LogP contribution in [0.3, 0.4) is 0 Å². The van der Waals surface area contributed by atoms with E-state index >= 15 is 0 Å². The van der Waals surface area contributed by atoms with Gasteiger partial charge < -0.3 is 9.47 Å². The number of hydrogen-bond acceptors (Lipinski definition) is 3. The Morgan fingerprint density at radius 3 is 2.59 bits per heavy atom. The number of benzene rings is 1. The molecule has 4 heteroatoms. The normalized spacial score (nSPS) is 12.0. The van der Waals surface area contributed by atoms with Crippen LogP contribution in [0, 0.1) is 17.2 Å². The van der Waals surface area contributed by atoms with Gasteiger partial charge in [-0.1, -0.05) is 25.4 Å². The highest BCUT2D eigenvalue weighted by molar-refractivity contribution is 6.32. The molecule has 92 valence electrons. The SMILES string of the molecule is CC(C)C(C)Oc1ccc(OCC#N)c(Cl)c1. The molecule has 1 rings (SSSR count). The number of nitrogens with zero attached hydrogens (tertiary/aromatic N) is 1. The molecule has 17 heavy (non-hydrogen) atoms. The second-order valence-corrected chi connectivity index (χ2v) is 4.51. The van der Waals surface area contributed by atoms with Crippen molar-refractivity contribution >= 4 is 11.6 Å². The van der Waals surface area contributed by atoms with Crippen LogP contribution >= 0.6 is 11.6 Å². The van der Waals surface area contributed by atoms with Crippen LogP contribution in [0.1, 0.15) is 20.8 Å². The summed E-state index contributed by atoms with van der Waals surface area (Å²) < 4.78 is 10.9. The average Bonchev–Trinajstić information content (AvgIpc) is 2.28. The van der Waals surface area contributed by atoms with Gasteiger partial charge in [-0.05, 0) is 25.0 Å². The Morgan fingerprint density at radius 1 is 1.35 bits per heavy atom. The molecule has 0 aliphatic heterocycles. The summed E-state index contributed by atoms with van der Waals surface area (Å²) in [7, 11) is 0. The van der Waals surface area contributed by atoms with Gasteiger partial charge in [-0.15, -0.1) is 0 Å². The molecule has 0 fully saturated rings. The van der Waals surface area contributed by atoms with Crippen LogP contribution in [0.4, 0.5) is 0 Å². The number of hydrogen-bond donors (Lipinski definition) is 0. The lowest BCUT2D eigenvalue weighted by Crippen LogP contribution is -2.18. The van der Waals surface area contributed by atoms with Crippen molar-refractivity contribution in [2.24, 2.45) is 5.92 Å². The van der Waals surface area contributed by atoms with E-state index in [9.17, 15) is 0 Å². The zero-order valence-electron chi connectivity index (χ0n) is 10.2. The summed E-state index contributed by atoms with van der Waals surface area (Å²) in [5.41, 5.74) is 0. The summed E-state index contributed by atoms with van der Waals surface area (Å²) in [6, 6.07) is 7.09. The molecule has 0 radical (unpaired) electrons. The maximum absolute atomic E-state index is 8.41. The summed E-state index contributed by atoms with van der Waals surface area (Å²) in [5, 5.41) is 8.86. The smallest absolute Gasteiger partial charge is 0.174 e. The quantitative estimate of drug-likeness (QED) is 0.804. The maximum atomic E-state index is 8.41. The van der Waals surface area contributed by atoms with Crippen LogP contribution in [0.15, 0.2) is 18.2 Å². The Bertz CT molecular complexity index is 412. The Morgan fingerprint density at radius 2 is 2.06 bits per heavy atom. The van der Waals surface area contributed by atoms with Gasteiger partial charge in [0.05, 0.1) is 11.1 Å². The van der Waals surface area contributed by atoms with E-state index in [1.807, 2.05) is 13.0 Å². The Hall–Kier alpha value is -1.40. The number of rotatable bonds is 5. The van der Waals surface area contributed by atoms with Crippen molar-refractivity contribution < 1.29 is 9.47 Å². The minimum atomic E-state index is -0.0116. The molecular formula is C13H16ClNO2. The highest BCUT2D eigenvalue weighted by Crippen LogP contribution is 2.29. The number of nitriles is 1. The minimum absolute atomic E-state index is 0.0116. The van der Waals surface area contributed by atoms with Gasteiger partial charge in [-0.2, -0.15) is 5.26 Å². The summed E-state index contributed by atoms with van der Waals surface area (Å²) in [6.07, 6.45) is 0.122. The first kappa shape index (κ1) is 13.7. The Kier molecular flexibility index (Phi) is 5.11. The van der Waals surface area contributed by atoms with Gasteiger partial charge in [0.15, 0.2) is 6.61 Å². The van der Waals surface area contributed by atoms with Gasteiger partial charge in [-0.25, -0.2) is 0 Å². The van der Waals surface area contributed by atoms with Gasteiger partial charge in [0, 0.05) is 6.07 Å². The molecule has 0 spiro atoms. The molecule has 0 saturated heterocycles. The molecule has 0 heterocycles. The second kappa shape index (κ2) is 6.36. The molecule has 0 N–H and O–H groups in total. The standard InChI is InChI=1S/C13H16ClNO2/c1-9(2)10(3)17-11-4-5-13(12(14)8-11)16-7-6-15/h4-5,8-10H,7H2,1-3H3. The lowest BCUT2D eigenvalue weighted by molar-refractivity contribution is 0.170. The first-order chi connectivity index (χ1) is 8.04. The molecule has 0 aliphatic carbocycles. The maximum Gasteiger partial charge on any atom is 0.174 e. The first-order valence-electron chi connectivity index (χ1n) is 5.50. The summed E-state index contributed by atoms with van der Waals surface area (Å²) >= 11 is 6.01. The van der Waals surface area contributed by atoms with Crippen molar-refractivity contribution in [2.45, 2.75) is 26.9 Å². The van der Waals surface area contributed by atoms with Crippen molar-refractivity contribution in [3.8, 4) is 17.6 Å². The minimum Gasteiger partial charge on any atom is -0.490 e. The Labute approximate surface area is 107 Å². The van der Waals surface area contributed by atoms with Gasteiger partial charge in [0.2, 0.25) is 0 Å². The molecule has 1 aromatic rings. The average molecular weight is 254 g/mol. The van der Waals surface area contributed by atoms with E-state index in [4.69, 9.17) is 26.3 Å². The van der Waals surface area contributed by atoms with E-state index in [0.29, 0.717) is 22.4 Å². The topological polar surface area (TPSA) is 42.2 Å². The predicted molar refractivity (Wildman–Crippen MR) is 67.5 cm³/mol. The van der Waals surface area contributed by atoms with Crippen LogP contribution in [0.2, 0.25) is 5.02 Å². The highest BCUT2D eigenvalue weighted by atomic mass is 35.5.